The summed E-state index contributed by atoms with van der Waals surface area (Å²) in [6, 6.07) is 51.9. The second-order valence-electron chi connectivity index (χ2n) is 8.18. The van der Waals surface area contributed by atoms with Crippen LogP contribution in [0.2, 0.25) is 0 Å². The molecule has 0 spiro atoms. The summed E-state index contributed by atoms with van der Waals surface area (Å²) in [7, 11) is 0. The Morgan fingerprint density at radius 1 is 0.439 bits per heavy atom. The average molecular weight is 805 g/mol. The Hall–Kier alpha value is -2.13. The standard InChI is InChI=1S/C17H12BrN.C12H9.C5H3Br2N.BrH.Mg/c18-17-12-6-11-16(19-17)15-10-5-4-9-14(15)13-7-2-1-3-8-13;1-3-7-11(8-4-1)12-9-5-2-6-10-12;6-4-2-1-3-5(7)8-4;;/h1-12H;1-9H;1-3H;1H;/q;-1;;;+2/p-1. The van der Waals surface area contributed by atoms with Crippen molar-refractivity contribution >= 4 is 70.8 Å². The summed E-state index contributed by atoms with van der Waals surface area (Å²) in [6.45, 7) is 0. The van der Waals surface area contributed by atoms with Gasteiger partial charge in [0.05, 0.1) is 5.69 Å². The number of hydrogen-bond acceptors (Lipinski definition) is 2. The largest absolute Gasteiger partial charge is 2.00 e. The van der Waals surface area contributed by atoms with E-state index >= 15 is 0 Å². The van der Waals surface area contributed by atoms with Crippen LogP contribution in [-0.2, 0) is 0 Å². The van der Waals surface area contributed by atoms with Gasteiger partial charge in [-0.2, -0.15) is 0 Å². The average Bonchev–Trinajstić information content (AvgIpc) is 2.99. The molecular formula is C34H24Br4MgN2. The summed E-state index contributed by atoms with van der Waals surface area (Å²) in [5.74, 6) is 0. The van der Waals surface area contributed by atoms with Gasteiger partial charge >= 0.3 is 23.1 Å². The smallest absolute Gasteiger partial charge is 1.00 e. The van der Waals surface area contributed by atoms with E-state index in [0.29, 0.717) is 0 Å². The van der Waals surface area contributed by atoms with Crippen LogP contribution in [0, 0.1) is 6.07 Å². The first-order valence-electron chi connectivity index (χ1n) is 12.2. The van der Waals surface area contributed by atoms with Gasteiger partial charge < -0.3 is 17.0 Å². The van der Waals surface area contributed by atoms with Gasteiger partial charge in [-0.3, -0.25) is 0 Å². The van der Waals surface area contributed by atoms with Gasteiger partial charge in [0, 0.05) is 5.56 Å². The summed E-state index contributed by atoms with van der Waals surface area (Å²) < 4.78 is 2.56. The molecule has 200 valence electrons. The van der Waals surface area contributed by atoms with Gasteiger partial charge in [-0.15, -0.1) is 35.9 Å². The van der Waals surface area contributed by atoms with Crippen LogP contribution in [0.4, 0.5) is 0 Å². The molecule has 4 aromatic carbocycles. The zero-order chi connectivity index (χ0) is 27.3. The van der Waals surface area contributed by atoms with Gasteiger partial charge in [0.15, 0.2) is 0 Å². The maximum atomic E-state index is 4.55. The molecule has 0 saturated carbocycles. The Morgan fingerprint density at radius 2 is 0.927 bits per heavy atom. The molecule has 0 N–H and O–H groups in total. The molecule has 0 radical (unpaired) electrons. The zero-order valence-electron chi connectivity index (χ0n) is 22.0. The monoisotopic (exact) mass is 800 g/mol. The number of halogens is 4. The minimum absolute atomic E-state index is 0. The van der Waals surface area contributed by atoms with Gasteiger partial charge in [0.2, 0.25) is 0 Å². The van der Waals surface area contributed by atoms with E-state index in [2.05, 4.69) is 124 Å². The first-order chi connectivity index (χ1) is 19.1. The van der Waals surface area contributed by atoms with E-state index in [0.717, 1.165) is 30.6 Å². The van der Waals surface area contributed by atoms with Gasteiger partial charge in [0.1, 0.15) is 13.8 Å². The van der Waals surface area contributed by atoms with Gasteiger partial charge in [0.25, 0.3) is 0 Å². The van der Waals surface area contributed by atoms with E-state index in [9.17, 15) is 0 Å². The third kappa shape index (κ3) is 11.6. The molecule has 41 heavy (non-hydrogen) atoms. The van der Waals surface area contributed by atoms with Crippen LogP contribution in [0.25, 0.3) is 33.5 Å². The van der Waals surface area contributed by atoms with E-state index in [1.165, 1.54) is 16.7 Å². The van der Waals surface area contributed by atoms with E-state index < -0.39 is 0 Å². The Balaban J connectivity index is 0.000000230. The van der Waals surface area contributed by atoms with Crippen LogP contribution in [0.15, 0.2) is 159 Å². The van der Waals surface area contributed by atoms with E-state index in [1.807, 2.05) is 84.9 Å². The number of benzene rings is 4. The third-order valence-corrected chi connectivity index (χ3v) is 6.80. The van der Waals surface area contributed by atoms with Crippen molar-refractivity contribution in [2.24, 2.45) is 0 Å². The van der Waals surface area contributed by atoms with Crippen molar-refractivity contribution in [3.63, 3.8) is 0 Å². The number of rotatable bonds is 3. The van der Waals surface area contributed by atoms with E-state index in [4.69, 9.17) is 0 Å². The Kier molecular flexibility index (Phi) is 16.4. The molecule has 0 atom stereocenters. The van der Waals surface area contributed by atoms with Crippen LogP contribution >= 0.6 is 47.8 Å². The first kappa shape index (κ1) is 35.1. The fraction of sp³-hybridized carbons (Fsp3) is 0. The van der Waals surface area contributed by atoms with Crippen molar-refractivity contribution in [3.8, 4) is 33.5 Å². The molecular weight excluding hydrogens is 780 g/mol. The summed E-state index contributed by atoms with van der Waals surface area (Å²) >= 11 is 9.87. The first-order valence-corrected chi connectivity index (χ1v) is 14.6. The molecule has 0 aliphatic heterocycles. The molecule has 0 aliphatic carbocycles. The van der Waals surface area contributed by atoms with Crippen LogP contribution in [0.5, 0.6) is 0 Å². The van der Waals surface area contributed by atoms with Crippen LogP contribution in [0.3, 0.4) is 0 Å². The molecule has 0 amide bonds. The summed E-state index contributed by atoms with van der Waals surface area (Å²) in [6.07, 6.45) is 0. The normalized spacial score (nSPS) is 9.44. The number of nitrogens with zero attached hydrogens (tertiary/aromatic N) is 2. The molecule has 0 unspecified atom stereocenters. The number of hydrogen-bond donors (Lipinski definition) is 0. The second kappa shape index (κ2) is 19.1. The molecule has 0 bridgehead atoms. The quantitative estimate of drug-likeness (QED) is 0.105. The second-order valence-corrected chi connectivity index (χ2v) is 10.6. The number of pyridine rings is 2. The number of aromatic nitrogens is 2. The van der Waals surface area contributed by atoms with Crippen LogP contribution in [0.1, 0.15) is 0 Å². The van der Waals surface area contributed by atoms with Crippen molar-refractivity contribution in [3.05, 3.63) is 165 Å². The Morgan fingerprint density at radius 3 is 1.44 bits per heavy atom. The summed E-state index contributed by atoms with van der Waals surface area (Å²) in [4.78, 5) is 8.55. The fourth-order valence-corrected chi connectivity index (χ4v) is 4.98. The molecule has 7 heteroatoms. The van der Waals surface area contributed by atoms with Crippen LogP contribution in [-0.4, -0.2) is 33.0 Å². The predicted octanol–water partition coefficient (Wildman–Crippen LogP) is 7.56. The van der Waals surface area contributed by atoms with Gasteiger partial charge in [-0.25, -0.2) is 9.97 Å². The molecule has 0 fully saturated rings. The molecule has 0 aliphatic rings. The Labute approximate surface area is 294 Å². The van der Waals surface area contributed by atoms with E-state index in [1.54, 1.807) is 0 Å². The fourth-order valence-electron chi connectivity index (χ4n) is 3.71. The van der Waals surface area contributed by atoms with Crippen molar-refractivity contribution in [1.82, 2.24) is 9.97 Å². The zero-order valence-corrected chi connectivity index (χ0v) is 29.7. The third-order valence-electron chi connectivity index (χ3n) is 5.48. The topological polar surface area (TPSA) is 25.8 Å². The molecule has 0 saturated heterocycles. The van der Waals surface area contributed by atoms with Crippen molar-refractivity contribution in [2.45, 2.75) is 0 Å². The van der Waals surface area contributed by atoms with Gasteiger partial charge in [-0.05, 0) is 83.2 Å². The maximum Gasteiger partial charge on any atom is 2.00 e. The molecule has 6 aromatic rings. The van der Waals surface area contributed by atoms with Crippen molar-refractivity contribution in [2.75, 3.05) is 0 Å². The molecule has 2 nitrogen and oxygen atoms in total. The minimum Gasteiger partial charge on any atom is -1.00 e. The molecule has 2 heterocycles. The van der Waals surface area contributed by atoms with E-state index in [-0.39, 0.29) is 40.0 Å². The maximum absolute atomic E-state index is 4.55. The van der Waals surface area contributed by atoms with Gasteiger partial charge in [-0.1, -0.05) is 103 Å². The summed E-state index contributed by atoms with van der Waals surface area (Å²) in [5, 5.41) is 0. The Bertz CT molecular complexity index is 1530. The van der Waals surface area contributed by atoms with Crippen LogP contribution < -0.4 is 17.0 Å². The van der Waals surface area contributed by atoms with Crippen molar-refractivity contribution < 1.29 is 17.0 Å². The SMILES string of the molecule is Brc1cccc(-c2ccccc2-c2ccccc2)n1.Brc1cccc(Br)n1.[Br-].[Mg+2].[c-]1ccccc1-c1ccccc1. The summed E-state index contributed by atoms with van der Waals surface area (Å²) in [5.41, 5.74) is 6.91. The minimum atomic E-state index is 0. The molecule has 2 aromatic heterocycles. The predicted molar refractivity (Wildman–Crippen MR) is 179 cm³/mol. The van der Waals surface area contributed by atoms with Crippen molar-refractivity contribution in [1.29, 1.82) is 0 Å². The molecule has 6 rings (SSSR count).